The Labute approximate surface area is 108 Å². The van der Waals surface area contributed by atoms with Gasteiger partial charge >= 0.3 is 5.97 Å². The topological polar surface area (TPSA) is 76.0 Å². The third-order valence-electron chi connectivity index (χ3n) is 2.87. The highest BCUT2D eigenvalue weighted by molar-refractivity contribution is 6.00. The Balaban J connectivity index is 2.34. The number of carbonyl (C=O) groups is 1. The Morgan fingerprint density at radius 3 is 2.53 bits per heavy atom. The van der Waals surface area contributed by atoms with Crippen LogP contribution in [0.1, 0.15) is 10.4 Å². The second-order valence-corrected chi connectivity index (χ2v) is 4.01. The molecule has 2 aromatic carbocycles. The Kier molecular flexibility index (Phi) is 2.64. The first-order valence-corrected chi connectivity index (χ1v) is 5.68. The van der Waals surface area contributed by atoms with E-state index in [0.29, 0.717) is 16.8 Å². The number of benzene rings is 2. The van der Waals surface area contributed by atoms with Crippen LogP contribution in [0.2, 0.25) is 0 Å². The first kappa shape index (κ1) is 11.3. The molecule has 0 saturated heterocycles. The van der Waals surface area contributed by atoms with Gasteiger partial charge in [-0.05, 0) is 17.3 Å². The fourth-order valence-electron chi connectivity index (χ4n) is 2.01. The molecule has 0 spiro atoms. The monoisotopic (exact) mass is 251 g/mol. The summed E-state index contributed by atoms with van der Waals surface area (Å²) in [6, 6.07) is 14.1. The predicted molar refractivity (Wildman–Crippen MR) is 69.7 cm³/mol. The van der Waals surface area contributed by atoms with Crippen LogP contribution < -0.4 is 0 Å². The molecule has 0 saturated carbocycles. The quantitative estimate of drug-likeness (QED) is 0.756. The zero-order valence-electron chi connectivity index (χ0n) is 9.82. The number of aromatic nitrogens is 3. The van der Waals surface area contributed by atoms with E-state index in [2.05, 4.69) is 15.4 Å². The lowest BCUT2D eigenvalue weighted by atomic mass is 10.0. The standard InChI is InChI=1S/C14H9N3O2/c18-14(19)10-6-2-1-5-9(10)13-11-7-3-4-8-12(11)15-17-16-13/h1-8H,(H,18,19). The number of nitrogens with zero attached hydrogens (tertiary/aromatic N) is 3. The first-order chi connectivity index (χ1) is 9.27. The third-order valence-corrected chi connectivity index (χ3v) is 2.87. The van der Waals surface area contributed by atoms with E-state index in [1.807, 2.05) is 24.3 Å². The van der Waals surface area contributed by atoms with E-state index in [4.69, 9.17) is 0 Å². The van der Waals surface area contributed by atoms with E-state index in [1.54, 1.807) is 24.3 Å². The number of hydrogen-bond donors (Lipinski definition) is 1. The van der Waals surface area contributed by atoms with Gasteiger partial charge in [0.1, 0.15) is 5.69 Å². The van der Waals surface area contributed by atoms with Crippen molar-refractivity contribution in [1.82, 2.24) is 15.4 Å². The van der Waals surface area contributed by atoms with Crippen molar-refractivity contribution >= 4 is 16.9 Å². The van der Waals surface area contributed by atoms with Crippen LogP contribution in [0.3, 0.4) is 0 Å². The fraction of sp³-hybridized carbons (Fsp3) is 0. The van der Waals surface area contributed by atoms with Crippen LogP contribution in [0.15, 0.2) is 48.5 Å². The summed E-state index contributed by atoms with van der Waals surface area (Å²) in [6.07, 6.45) is 0. The molecule has 0 aliphatic rings. The molecule has 0 amide bonds. The van der Waals surface area contributed by atoms with Crippen molar-refractivity contribution in [2.45, 2.75) is 0 Å². The summed E-state index contributed by atoms with van der Waals surface area (Å²) < 4.78 is 0. The largest absolute Gasteiger partial charge is 0.478 e. The summed E-state index contributed by atoms with van der Waals surface area (Å²) in [6.45, 7) is 0. The van der Waals surface area contributed by atoms with Gasteiger partial charge in [0.2, 0.25) is 0 Å². The maximum atomic E-state index is 11.3. The molecule has 0 bridgehead atoms. The van der Waals surface area contributed by atoms with Crippen molar-refractivity contribution in [3.63, 3.8) is 0 Å². The van der Waals surface area contributed by atoms with Crippen LogP contribution in [0, 0.1) is 0 Å². The molecule has 19 heavy (non-hydrogen) atoms. The molecule has 0 atom stereocenters. The summed E-state index contributed by atoms with van der Waals surface area (Å²) in [5.74, 6) is -0.988. The highest BCUT2D eigenvalue weighted by Gasteiger charge is 2.14. The van der Waals surface area contributed by atoms with Crippen LogP contribution >= 0.6 is 0 Å². The minimum Gasteiger partial charge on any atom is -0.478 e. The van der Waals surface area contributed by atoms with Crippen molar-refractivity contribution in [3.05, 3.63) is 54.1 Å². The average molecular weight is 251 g/mol. The molecule has 5 nitrogen and oxygen atoms in total. The van der Waals surface area contributed by atoms with E-state index < -0.39 is 5.97 Å². The molecule has 0 unspecified atom stereocenters. The Morgan fingerprint density at radius 2 is 1.68 bits per heavy atom. The van der Waals surface area contributed by atoms with E-state index >= 15 is 0 Å². The van der Waals surface area contributed by atoms with Gasteiger partial charge in [0.25, 0.3) is 0 Å². The zero-order valence-corrected chi connectivity index (χ0v) is 9.82. The molecule has 1 heterocycles. The number of carboxylic acids is 1. The number of fused-ring (bicyclic) bond motifs is 1. The van der Waals surface area contributed by atoms with Gasteiger partial charge in [-0.2, -0.15) is 0 Å². The van der Waals surface area contributed by atoms with E-state index in [0.717, 1.165) is 5.39 Å². The van der Waals surface area contributed by atoms with E-state index in [1.165, 1.54) is 0 Å². The molecular weight excluding hydrogens is 242 g/mol. The fourth-order valence-corrected chi connectivity index (χ4v) is 2.01. The molecule has 3 rings (SSSR count). The molecule has 92 valence electrons. The van der Waals surface area contributed by atoms with Crippen LogP contribution in [-0.2, 0) is 0 Å². The number of hydrogen-bond acceptors (Lipinski definition) is 4. The molecule has 3 aromatic rings. The SMILES string of the molecule is O=C(O)c1ccccc1-c1nnnc2ccccc12. The van der Waals surface area contributed by atoms with Gasteiger partial charge in [0, 0.05) is 10.9 Å². The van der Waals surface area contributed by atoms with Crippen molar-refractivity contribution in [3.8, 4) is 11.3 Å². The smallest absolute Gasteiger partial charge is 0.336 e. The Morgan fingerprint density at radius 1 is 0.947 bits per heavy atom. The molecular formula is C14H9N3O2. The van der Waals surface area contributed by atoms with Gasteiger partial charge in [-0.15, -0.1) is 10.2 Å². The summed E-state index contributed by atoms with van der Waals surface area (Å²) in [5.41, 5.74) is 1.96. The summed E-state index contributed by atoms with van der Waals surface area (Å²) in [5, 5.41) is 21.6. The minimum atomic E-state index is -0.988. The lowest BCUT2D eigenvalue weighted by Crippen LogP contribution is -2.02. The normalized spacial score (nSPS) is 10.5. The second-order valence-electron chi connectivity index (χ2n) is 4.01. The van der Waals surface area contributed by atoms with Crippen LogP contribution in [-0.4, -0.2) is 26.5 Å². The van der Waals surface area contributed by atoms with Gasteiger partial charge in [0.15, 0.2) is 0 Å². The first-order valence-electron chi connectivity index (χ1n) is 5.68. The number of carboxylic acid groups (broad SMARTS) is 1. The lowest BCUT2D eigenvalue weighted by molar-refractivity contribution is 0.0697. The highest BCUT2D eigenvalue weighted by atomic mass is 16.4. The summed E-state index contributed by atoms with van der Waals surface area (Å²) in [7, 11) is 0. The van der Waals surface area contributed by atoms with Crippen molar-refractivity contribution in [2.75, 3.05) is 0 Å². The Bertz CT molecular complexity index is 766. The maximum Gasteiger partial charge on any atom is 0.336 e. The van der Waals surface area contributed by atoms with Crippen molar-refractivity contribution < 1.29 is 9.90 Å². The summed E-state index contributed by atoms with van der Waals surface area (Å²) >= 11 is 0. The molecule has 0 aliphatic carbocycles. The maximum absolute atomic E-state index is 11.3. The Hall–Kier alpha value is -2.82. The lowest BCUT2D eigenvalue weighted by Gasteiger charge is -2.06. The molecule has 0 fully saturated rings. The molecule has 1 N–H and O–H groups in total. The van der Waals surface area contributed by atoms with E-state index in [9.17, 15) is 9.90 Å². The minimum absolute atomic E-state index is 0.202. The molecule has 1 aromatic heterocycles. The van der Waals surface area contributed by atoms with Gasteiger partial charge in [0.05, 0.1) is 11.1 Å². The van der Waals surface area contributed by atoms with Gasteiger partial charge < -0.3 is 5.11 Å². The third kappa shape index (κ3) is 1.91. The van der Waals surface area contributed by atoms with Gasteiger partial charge in [-0.3, -0.25) is 0 Å². The van der Waals surface area contributed by atoms with E-state index in [-0.39, 0.29) is 5.56 Å². The van der Waals surface area contributed by atoms with Crippen LogP contribution in [0.25, 0.3) is 22.2 Å². The highest BCUT2D eigenvalue weighted by Crippen LogP contribution is 2.27. The average Bonchev–Trinajstić information content (AvgIpc) is 2.46. The number of aromatic carboxylic acids is 1. The molecule has 0 aliphatic heterocycles. The molecule has 5 heteroatoms. The number of rotatable bonds is 2. The van der Waals surface area contributed by atoms with Crippen molar-refractivity contribution in [1.29, 1.82) is 0 Å². The van der Waals surface area contributed by atoms with Gasteiger partial charge in [-0.25, -0.2) is 4.79 Å². The van der Waals surface area contributed by atoms with Gasteiger partial charge in [-0.1, -0.05) is 36.4 Å². The summed E-state index contributed by atoms with van der Waals surface area (Å²) in [4.78, 5) is 11.3. The molecule has 0 radical (unpaired) electrons. The van der Waals surface area contributed by atoms with Crippen molar-refractivity contribution in [2.24, 2.45) is 0 Å². The zero-order chi connectivity index (χ0) is 13.2. The predicted octanol–water partition coefficient (Wildman–Crippen LogP) is 2.39. The second kappa shape index (κ2) is 4.45. The van der Waals surface area contributed by atoms with Crippen LogP contribution in [0.5, 0.6) is 0 Å². The van der Waals surface area contributed by atoms with Crippen LogP contribution in [0.4, 0.5) is 0 Å².